The highest BCUT2D eigenvalue weighted by Gasteiger charge is 2.33. The first-order valence-corrected chi connectivity index (χ1v) is 9.06. The molecule has 1 aliphatic carbocycles. The number of carbonyl (C=O) groups excluding carboxylic acids is 1. The average molecular weight is 364 g/mol. The Morgan fingerprint density at radius 3 is 2.77 bits per heavy atom. The molecule has 0 aliphatic heterocycles. The van der Waals surface area contributed by atoms with Gasteiger partial charge in [-0.25, -0.2) is 4.98 Å². The monoisotopic (exact) mass is 364 g/mol. The van der Waals surface area contributed by atoms with Crippen molar-refractivity contribution >= 4 is 28.3 Å². The van der Waals surface area contributed by atoms with E-state index in [1.165, 1.54) is 11.3 Å². The molecule has 6 heteroatoms. The van der Waals surface area contributed by atoms with Gasteiger partial charge in [-0.05, 0) is 36.8 Å². The molecule has 1 N–H and O–H groups in total. The summed E-state index contributed by atoms with van der Waals surface area (Å²) < 4.78 is 5.48. The van der Waals surface area contributed by atoms with Gasteiger partial charge in [-0.15, -0.1) is 11.3 Å². The Morgan fingerprint density at radius 2 is 2.08 bits per heavy atom. The zero-order chi connectivity index (χ0) is 18.1. The second kappa shape index (κ2) is 6.82. The minimum absolute atomic E-state index is 0.0507. The Kier molecular flexibility index (Phi) is 4.36. The second-order valence-corrected chi connectivity index (χ2v) is 6.72. The van der Waals surface area contributed by atoms with Gasteiger partial charge in [0.05, 0.1) is 22.7 Å². The van der Waals surface area contributed by atoms with Gasteiger partial charge in [0.25, 0.3) is 0 Å². The number of ketones is 1. The molecular formula is C20H16N2O3S. The predicted molar refractivity (Wildman–Crippen MR) is 100 cm³/mol. The van der Waals surface area contributed by atoms with Gasteiger partial charge in [-0.1, -0.05) is 6.07 Å². The second-order valence-electron chi connectivity index (χ2n) is 5.87. The van der Waals surface area contributed by atoms with Crippen LogP contribution in [0.4, 0.5) is 0 Å². The number of aryl methyl sites for hydroxylation is 1. The van der Waals surface area contributed by atoms with Crippen LogP contribution in [0.5, 0.6) is 5.75 Å². The quantitative estimate of drug-likeness (QED) is 0.751. The number of thiazole rings is 1. The summed E-state index contributed by atoms with van der Waals surface area (Å²) in [5.74, 6) is 0.518. The molecule has 0 fully saturated rings. The Bertz CT molecular complexity index is 1010. The number of aliphatic hydroxyl groups excluding tert-OH is 1. The van der Waals surface area contributed by atoms with Crippen molar-refractivity contribution in [2.45, 2.75) is 6.92 Å². The minimum atomic E-state index is -0.0739. The van der Waals surface area contributed by atoms with Crippen LogP contribution in [0.25, 0.3) is 11.1 Å². The molecule has 130 valence electrons. The number of rotatable bonds is 5. The lowest BCUT2D eigenvalue weighted by molar-refractivity contribution is 0.105. The summed E-state index contributed by atoms with van der Waals surface area (Å²) in [7, 11) is 0. The van der Waals surface area contributed by atoms with Crippen molar-refractivity contribution in [3.8, 4) is 5.75 Å². The molecule has 0 saturated carbocycles. The Balaban J connectivity index is 1.91. The molecule has 2 aromatic heterocycles. The fourth-order valence-electron chi connectivity index (χ4n) is 3.13. The summed E-state index contributed by atoms with van der Waals surface area (Å²) in [6.07, 6.45) is 3.40. The maximum absolute atomic E-state index is 13.2. The number of nitrogens with zero attached hydrogens (tertiary/aromatic N) is 2. The van der Waals surface area contributed by atoms with Crippen LogP contribution in [0, 0.1) is 6.92 Å². The van der Waals surface area contributed by atoms with E-state index in [-0.39, 0.29) is 19.0 Å². The van der Waals surface area contributed by atoms with Crippen molar-refractivity contribution in [3.63, 3.8) is 0 Å². The van der Waals surface area contributed by atoms with Crippen molar-refractivity contribution in [1.29, 1.82) is 0 Å². The molecule has 5 nitrogen and oxygen atoms in total. The molecule has 0 amide bonds. The highest BCUT2D eigenvalue weighted by atomic mass is 32.1. The van der Waals surface area contributed by atoms with Gasteiger partial charge in [0, 0.05) is 34.7 Å². The molecule has 0 radical (unpaired) electrons. The van der Waals surface area contributed by atoms with Crippen LogP contribution in [-0.4, -0.2) is 34.1 Å². The van der Waals surface area contributed by atoms with Gasteiger partial charge < -0.3 is 9.84 Å². The number of benzene rings is 1. The zero-order valence-corrected chi connectivity index (χ0v) is 14.9. The smallest absolute Gasteiger partial charge is 0.195 e. The van der Waals surface area contributed by atoms with Crippen LogP contribution >= 0.6 is 11.3 Å². The summed E-state index contributed by atoms with van der Waals surface area (Å²) in [4.78, 5) is 22.7. The van der Waals surface area contributed by atoms with Crippen molar-refractivity contribution in [2.24, 2.45) is 0 Å². The maximum atomic E-state index is 13.2. The third-order valence-electron chi connectivity index (χ3n) is 4.26. The number of fused-ring (bicyclic) bond motifs is 1. The number of pyridine rings is 1. The first-order valence-electron chi connectivity index (χ1n) is 8.18. The number of aliphatic hydroxyl groups is 1. The Morgan fingerprint density at radius 1 is 1.19 bits per heavy atom. The van der Waals surface area contributed by atoms with E-state index < -0.39 is 0 Å². The zero-order valence-electron chi connectivity index (χ0n) is 14.1. The lowest BCUT2D eigenvalue weighted by Crippen LogP contribution is -2.03. The van der Waals surface area contributed by atoms with Crippen molar-refractivity contribution in [2.75, 3.05) is 13.2 Å². The largest absolute Gasteiger partial charge is 0.491 e. The van der Waals surface area contributed by atoms with Crippen LogP contribution in [0.2, 0.25) is 0 Å². The molecule has 0 unspecified atom stereocenters. The van der Waals surface area contributed by atoms with Crippen molar-refractivity contribution < 1.29 is 14.6 Å². The van der Waals surface area contributed by atoms with Crippen LogP contribution in [0.15, 0.2) is 48.2 Å². The summed E-state index contributed by atoms with van der Waals surface area (Å²) in [5, 5.41) is 8.95. The molecule has 0 bridgehead atoms. The van der Waals surface area contributed by atoms with Crippen LogP contribution < -0.4 is 4.74 Å². The number of allylic oxidation sites excluding steroid dienone is 1. The third-order valence-corrected chi connectivity index (χ3v) is 5.21. The molecule has 2 heterocycles. The third kappa shape index (κ3) is 2.73. The van der Waals surface area contributed by atoms with E-state index in [0.717, 1.165) is 27.3 Å². The SMILES string of the molecule is Cc1ncsc1C1=C(c2cccnc2)C(=O)c2cc(OCCO)ccc21. The van der Waals surface area contributed by atoms with Gasteiger partial charge in [-0.3, -0.25) is 9.78 Å². The van der Waals surface area contributed by atoms with Crippen molar-refractivity contribution in [3.05, 3.63) is 75.5 Å². The summed E-state index contributed by atoms with van der Waals surface area (Å²) in [6, 6.07) is 9.19. The number of ether oxygens (including phenoxy) is 1. The molecule has 1 aliphatic rings. The molecule has 0 atom stereocenters. The van der Waals surface area contributed by atoms with Crippen LogP contribution in [-0.2, 0) is 0 Å². The maximum Gasteiger partial charge on any atom is 0.195 e. The van der Waals surface area contributed by atoms with Crippen LogP contribution in [0.3, 0.4) is 0 Å². The van der Waals surface area contributed by atoms with Gasteiger partial charge in [0.1, 0.15) is 12.4 Å². The highest BCUT2D eigenvalue weighted by Crippen LogP contribution is 2.44. The van der Waals surface area contributed by atoms with E-state index in [9.17, 15) is 4.79 Å². The first kappa shape index (κ1) is 16.6. The van der Waals surface area contributed by atoms with Gasteiger partial charge in [0.15, 0.2) is 5.78 Å². The number of Topliss-reactive ketones (excluding diaryl/α,β-unsaturated/α-hetero) is 1. The fourth-order valence-corrected chi connectivity index (χ4v) is 4.00. The number of aromatic nitrogens is 2. The molecule has 1 aromatic carbocycles. The normalized spacial score (nSPS) is 13.2. The number of hydrogen-bond acceptors (Lipinski definition) is 6. The summed E-state index contributed by atoms with van der Waals surface area (Å²) >= 11 is 1.52. The molecule has 3 aromatic rings. The highest BCUT2D eigenvalue weighted by molar-refractivity contribution is 7.11. The lowest BCUT2D eigenvalue weighted by Gasteiger charge is -2.08. The lowest BCUT2D eigenvalue weighted by atomic mass is 9.99. The van der Waals surface area contributed by atoms with Gasteiger partial charge >= 0.3 is 0 Å². The first-order chi connectivity index (χ1) is 12.7. The van der Waals surface area contributed by atoms with Crippen molar-refractivity contribution in [1.82, 2.24) is 9.97 Å². The summed E-state index contributed by atoms with van der Waals surface area (Å²) in [6.45, 7) is 2.06. The van der Waals surface area contributed by atoms with E-state index in [2.05, 4.69) is 9.97 Å². The van der Waals surface area contributed by atoms with Gasteiger partial charge in [-0.2, -0.15) is 0 Å². The number of hydrogen-bond donors (Lipinski definition) is 1. The minimum Gasteiger partial charge on any atom is -0.491 e. The molecular weight excluding hydrogens is 348 g/mol. The molecule has 4 rings (SSSR count). The van der Waals surface area contributed by atoms with E-state index in [1.807, 2.05) is 31.2 Å². The molecule has 0 spiro atoms. The van der Waals surface area contributed by atoms with Crippen LogP contribution in [0.1, 0.15) is 32.1 Å². The van der Waals surface area contributed by atoms with E-state index in [4.69, 9.17) is 9.84 Å². The molecule has 26 heavy (non-hydrogen) atoms. The van der Waals surface area contributed by atoms with E-state index >= 15 is 0 Å². The topological polar surface area (TPSA) is 72.3 Å². The predicted octanol–water partition coefficient (Wildman–Crippen LogP) is 3.37. The Hall–Kier alpha value is -2.83. The molecule has 0 saturated heterocycles. The fraction of sp³-hybridized carbons (Fsp3) is 0.150. The Labute approximate surface area is 154 Å². The standard InChI is InChI=1S/C20H16N2O3S/c1-12-20(26-11-22-12)18-15-5-4-14(25-8-7-23)9-16(15)19(24)17(18)13-3-2-6-21-10-13/h2-6,9-11,23H,7-8H2,1H3. The number of carbonyl (C=O) groups is 1. The van der Waals surface area contributed by atoms with E-state index in [0.29, 0.717) is 16.9 Å². The summed E-state index contributed by atoms with van der Waals surface area (Å²) in [5.41, 5.74) is 6.48. The van der Waals surface area contributed by atoms with Gasteiger partial charge in [0.2, 0.25) is 0 Å². The average Bonchev–Trinajstić information content (AvgIpc) is 3.21. The van der Waals surface area contributed by atoms with E-state index in [1.54, 1.807) is 24.0 Å².